The second kappa shape index (κ2) is 9.65. The van der Waals surface area contributed by atoms with Crippen molar-refractivity contribution in [2.75, 3.05) is 14.1 Å². The van der Waals surface area contributed by atoms with E-state index in [1.54, 1.807) is 14.1 Å². The quantitative estimate of drug-likeness (QED) is 0.670. The molecule has 26 heavy (non-hydrogen) atoms. The van der Waals surface area contributed by atoms with Crippen molar-refractivity contribution in [1.82, 2.24) is 14.3 Å². The maximum absolute atomic E-state index is 12.1. The molecule has 0 saturated heterocycles. The molecule has 0 aromatic heterocycles. The molecule has 2 rings (SSSR count). The minimum Gasteiger partial charge on any atom is -0.444 e. The van der Waals surface area contributed by atoms with Gasteiger partial charge in [0.15, 0.2) is 11.2 Å². The maximum atomic E-state index is 12.1. The number of rotatable bonds is 6. The van der Waals surface area contributed by atoms with E-state index in [-0.39, 0.29) is 18.4 Å². The first-order valence-electron chi connectivity index (χ1n) is 8.41. The lowest BCUT2D eigenvalue weighted by Crippen LogP contribution is -2.50. The highest BCUT2D eigenvalue weighted by Gasteiger charge is 2.34. The van der Waals surface area contributed by atoms with Crippen LogP contribution in [0.1, 0.15) is 24.8 Å². The number of hydrogen-bond donors (Lipinski definition) is 3. The SMILES string of the molecule is CN(C)C(=O)[C@H]1CC[C@@H](O)[C@H](NS(=O)NC(=O)OCc2ccccc2)C1. The van der Waals surface area contributed by atoms with Gasteiger partial charge in [0.05, 0.1) is 6.10 Å². The number of nitrogens with zero attached hydrogens (tertiary/aromatic N) is 1. The highest BCUT2D eigenvalue weighted by Crippen LogP contribution is 2.26. The first-order valence-corrected chi connectivity index (χ1v) is 9.56. The number of aliphatic hydroxyl groups excluding tert-OH is 1. The number of ether oxygens (including phenoxy) is 1. The summed E-state index contributed by atoms with van der Waals surface area (Å²) < 4.78 is 21.9. The van der Waals surface area contributed by atoms with Gasteiger partial charge in [-0.2, -0.15) is 0 Å². The first kappa shape index (κ1) is 20.3. The zero-order chi connectivity index (χ0) is 19.1. The summed E-state index contributed by atoms with van der Waals surface area (Å²) in [6.45, 7) is 0.0648. The third-order valence-electron chi connectivity index (χ3n) is 4.25. The van der Waals surface area contributed by atoms with Gasteiger partial charge in [-0.25, -0.2) is 18.4 Å². The van der Waals surface area contributed by atoms with Gasteiger partial charge < -0.3 is 14.7 Å². The van der Waals surface area contributed by atoms with E-state index in [4.69, 9.17) is 4.74 Å². The molecule has 1 fully saturated rings. The molecule has 1 unspecified atom stereocenters. The van der Waals surface area contributed by atoms with Crippen LogP contribution >= 0.6 is 0 Å². The van der Waals surface area contributed by atoms with Gasteiger partial charge in [-0.15, -0.1) is 0 Å². The molecule has 4 atom stereocenters. The molecule has 1 saturated carbocycles. The highest BCUT2D eigenvalue weighted by molar-refractivity contribution is 7.81. The third kappa shape index (κ3) is 6.08. The zero-order valence-corrected chi connectivity index (χ0v) is 15.7. The lowest BCUT2D eigenvalue weighted by molar-refractivity contribution is -0.135. The predicted octanol–water partition coefficient (Wildman–Crippen LogP) is 0.699. The summed E-state index contributed by atoms with van der Waals surface area (Å²) in [5.74, 6) is -0.266. The van der Waals surface area contributed by atoms with Gasteiger partial charge in [-0.3, -0.25) is 4.79 Å². The molecule has 9 heteroatoms. The molecule has 8 nitrogen and oxygen atoms in total. The maximum Gasteiger partial charge on any atom is 0.420 e. The minimum atomic E-state index is -1.92. The molecule has 1 aliphatic rings. The Morgan fingerprint density at radius 1 is 1.27 bits per heavy atom. The molecule has 0 radical (unpaired) electrons. The Bertz CT molecular complexity index is 641. The number of hydrogen-bond acceptors (Lipinski definition) is 5. The molecule has 0 heterocycles. The van der Waals surface area contributed by atoms with Gasteiger partial charge in [0, 0.05) is 26.1 Å². The van der Waals surface area contributed by atoms with Crippen LogP contribution in [-0.4, -0.2) is 52.5 Å². The van der Waals surface area contributed by atoms with Gasteiger partial charge in [0.1, 0.15) is 6.61 Å². The summed E-state index contributed by atoms with van der Waals surface area (Å²) >= 11 is -1.92. The molecule has 1 aliphatic carbocycles. The number of amides is 2. The van der Waals surface area contributed by atoms with Crippen molar-refractivity contribution in [3.8, 4) is 0 Å². The first-order chi connectivity index (χ1) is 12.4. The van der Waals surface area contributed by atoms with Crippen LogP contribution in [0.25, 0.3) is 0 Å². The van der Waals surface area contributed by atoms with E-state index in [1.807, 2.05) is 30.3 Å². The van der Waals surface area contributed by atoms with Crippen LogP contribution in [0.15, 0.2) is 30.3 Å². The molecule has 0 spiro atoms. The summed E-state index contributed by atoms with van der Waals surface area (Å²) in [7, 11) is 3.36. The van der Waals surface area contributed by atoms with E-state index in [0.29, 0.717) is 19.3 Å². The Kier molecular flexibility index (Phi) is 7.55. The Balaban J connectivity index is 1.79. The van der Waals surface area contributed by atoms with Crippen molar-refractivity contribution < 1.29 is 23.6 Å². The number of nitrogens with one attached hydrogen (secondary N) is 2. The van der Waals surface area contributed by atoms with Gasteiger partial charge in [-0.1, -0.05) is 30.3 Å². The monoisotopic (exact) mass is 383 g/mol. The fraction of sp³-hybridized carbons (Fsp3) is 0.529. The van der Waals surface area contributed by atoms with Gasteiger partial charge in [0.25, 0.3) is 0 Å². The molecule has 1 aromatic rings. The van der Waals surface area contributed by atoms with Crippen molar-refractivity contribution in [1.29, 1.82) is 0 Å². The van der Waals surface area contributed by atoms with Crippen molar-refractivity contribution in [2.24, 2.45) is 5.92 Å². The summed E-state index contributed by atoms with van der Waals surface area (Å²) in [5.41, 5.74) is 0.814. The summed E-state index contributed by atoms with van der Waals surface area (Å²) in [6, 6.07) is 8.57. The zero-order valence-electron chi connectivity index (χ0n) is 14.9. The van der Waals surface area contributed by atoms with Crippen LogP contribution in [0.4, 0.5) is 4.79 Å². The smallest absolute Gasteiger partial charge is 0.420 e. The number of carbonyl (C=O) groups excluding carboxylic acids is 2. The number of carbonyl (C=O) groups is 2. The van der Waals surface area contributed by atoms with Crippen molar-refractivity contribution in [2.45, 2.75) is 38.0 Å². The summed E-state index contributed by atoms with van der Waals surface area (Å²) in [6.07, 6.45) is -0.198. The fourth-order valence-electron chi connectivity index (χ4n) is 2.87. The molecular formula is C17H25N3O5S. The average Bonchev–Trinajstić information content (AvgIpc) is 2.62. The van der Waals surface area contributed by atoms with Crippen LogP contribution in [0.3, 0.4) is 0 Å². The topological polar surface area (TPSA) is 108 Å². The Hall–Kier alpha value is -1.97. The van der Waals surface area contributed by atoms with Crippen LogP contribution in [-0.2, 0) is 27.3 Å². The van der Waals surface area contributed by atoms with Crippen molar-refractivity contribution in [3.05, 3.63) is 35.9 Å². The molecule has 2 amide bonds. The van der Waals surface area contributed by atoms with E-state index in [1.165, 1.54) is 4.90 Å². The summed E-state index contributed by atoms with van der Waals surface area (Å²) in [5, 5.41) is 10.1. The molecule has 3 N–H and O–H groups in total. The third-order valence-corrected chi connectivity index (χ3v) is 5.12. The van der Waals surface area contributed by atoms with E-state index < -0.39 is 29.4 Å². The second-order valence-corrected chi connectivity index (χ2v) is 7.44. The second-order valence-electron chi connectivity index (χ2n) is 6.47. The van der Waals surface area contributed by atoms with Crippen LogP contribution in [0.5, 0.6) is 0 Å². The van der Waals surface area contributed by atoms with E-state index in [9.17, 15) is 18.9 Å². The van der Waals surface area contributed by atoms with E-state index in [2.05, 4.69) is 9.44 Å². The van der Waals surface area contributed by atoms with E-state index >= 15 is 0 Å². The van der Waals surface area contributed by atoms with Gasteiger partial charge >= 0.3 is 6.09 Å². The van der Waals surface area contributed by atoms with Crippen molar-refractivity contribution >= 4 is 23.2 Å². The number of benzene rings is 1. The molecule has 0 aliphatic heterocycles. The molecule has 144 valence electrons. The Labute approximate surface area is 155 Å². The Morgan fingerprint density at radius 2 is 1.96 bits per heavy atom. The largest absolute Gasteiger partial charge is 0.444 e. The normalized spacial score (nSPS) is 23.7. The van der Waals surface area contributed by atoms with Crippen LogP contribution < -0.4 is 9.44 Å². The molecule has 1 aromatic carbocycles. The lowest BCUT2D eigenvalue weighted by Gasteiger charge is -2.33. The Morgan fingerprint density at radius 3 is 2.62 bits per heavy atom. The predicted molar refractivity (Wildman–Crippen MR) is 96.9 cm³/mol. The van der Waals surface area contributed by atoms with E-state index in [0.717, 1.165) is 5.56 Å². The standard InChI is InChI=1S/C17H25N3O5S/c1-20(2)16(22)13-8-9-15(21)14(10-13)18-26(24)19-17(23)25-11-12-6-4-3-5-7-12/h3-7,13-15,18,21H,8-11H2,1-2H3,(H,19,23)/t13-,14+,15+,26?/m0/s1. The van der Waals surface area contributed by atoms with Crippen LogP contribution in [0.2, 0.25) is 0 Å². The number of aliphatic hydroxyl groups is 1. The van der Waals surface area contributed by atoms with Gasteiger partial charge in [0.2, 0.25) is 5.91 Å². The highest BCUT2D eigenvalue weighted by atomic mass is 32.2. The van der Waals surface area contributed by atoms with Crippen molar-refractivity contribution in [3.63, 3.8) is 0 Å². The van der Waals surface area contributed by atoms with Crippen LogP contribution in [0, 0.1) is 5.92 Å². The molecular weight excluding hydrogens is 358 g/mol. The summed E-state index contributed by atoms with van der Waals surface area (Å²) in [4.78, 5) is 25.3. The fourth-order valence-corrected chi connectivity index (χ4v) is 3.66. The van der Waals surface area contributed by atoms with Gasteiger partial charge in [-0.05, 0) is 24.8 Å². The lowest BCUT2D eigenvalue weighted by atomic mass is 9.83. The average molecular weight is 383 g/mol. The molecule has 0 bridgehead atoms. The minimum absolute atomic E-state index is 0.0234.